The van der Waals surface area contributed by atoms with E-state index in [9.17, 15) is 22.8 Å². The Labute approximate surface area is 178 Å². The van der Waals surface area contributed by atoms with Gasteiger partial charge in [0.25, 0.3) is 11.1 Å². The highest BCUT2D eigenvalue weighted by Gasteiger charge is 2.27. The van der Waals surface area contributed by atoms with E-state index in [4.69, 9.17) is 0 Å². The minimum Gasteiger partial charge on any atom is -0.352 e. The molecule has 1 aliphatic carbocycles. The molecule has 0 saturated heterocycles. The van der Waals surface area contributed by atoms with E-state index in [1.54, 1.807) is 36.4 Å². The highest BCUT2D eigenvalue weighted by atomic mass is 32.2. The van der Waals surface area contributed by atoms with Gasteiger partial charge in [0.05, 0.1) is 22.2 Å². The third-order valence-electron chi connectivity index (χ3n) is 5.07. The predicted molar refractivity (Wildman–Crippen MR) is 115 cm³/mol. The van der Waals surface area contributed by atoms with Crippen molar-refractivity contribution in [2.75, 3.05) is 0 Å². The topological polar surface area (TPSA) is 130 Å². The van der Waals surface area contributed by atoms with Gasteiger partial charge in [0, 0.05) is 19.0 Å². The van der Waals surface area contributed by atoms with Crippen molar-refractivity contribution in [3.8, 4) is 0 Å². The molecule has 31 heavy (non-hydrogen) atoms. The van der Waals surface area contributed by atoms with Crippen molar-refractivity contribution in [1.82, 2.24) is 19.8 Å². The maximum Gasteiger partial charge on any atom is 0.273 e. The molecule has 162 valence electrons. The Balaban J connectivity index is 1.34. The van der Waals surface area contributed by atoms with Gasteiger partial charge in [-0.05, 0) is 42.7 Å². The summed E-state index contributed by atoms with van der Waals surface area (Å²) in [6.45, 7) is 0.257. The van der Waals surface area contributed by atoms with Crippen LogP contribution in [-0.2, 0) is 27.9 Å². The number of H-pyrrole nitrogens is 1. The van der Waals surface area contributed by atoms with Gasteiger partial charge in [-0.2, -0.15) is 0 Å². The minimum atomic E-state index is -3.51. The Hall–Kier alpha value is -3.24. The maximum absolute atomic E-state index is 12.5. The number of aromatic amines is 1. The van der Waals surface area contributed by atoms with Crippen molar-refractivity contribution in [3.63, 3.8) is 0 Å². The zero-order chi connectivity index (χ0) is 22.0. The molecule has 9 nitrogen and oxygen atoms in total. The van der Waals surface area contributed by atoms with E-state index < -0.39 is 10.0 Å². The van der Waals surface area contributed by atoms with Gasteiger partial charge in [-0.3, -0.25) is 19.5 Å². The van der Waals surface area contributed by atoms with Crippen LogP contribution in [0.4, 0.5) is 0 Å². The van der Waals surface area contributed by atoms with Crippen LogP contribution in [0.3, 0.4) is 0 Å². The average Bonchev–Trinajstić information content (AvgIpc) is 3.57. The molecule has 3 aromatic rings. The van der Waals surface area contributed by atoms with Crippen molar-refractivity contribution in [2.45, 2.75) is 43.3 Å². The molecule has 1 heterocycles. The molecule has 1 aliphatic rings. The first-order valence-corrected chi connectivity index (χ1v) is 11.4. The van der Waals surface area contributed by atoms with E-state index in [0.29, 0.717) is 10.8 Å². The van der Waals surface area contributed by atoms with E-state index >= 15 is 0 Å². The number of carbonyl (C=O) groups is 1. The number of nitrogens with one attached hydrogen (secondary N) is 3. The molecule has 3 N–H and O–H groups in total. The maximum atomic E-state index is 12.5. The molecule has 1 aromatic heterocycles. The Kier molecular flexibility index (Phi) is 5.75. The third kappa shape index (κ3) is 4.92. The Morgan fingerprint density at radius 1 is 1.03 bits per heavy atom. The van der Waals surface area contributed by atoms with Crippen LogP contribution in [0.15, 0.2) is 63.0 Å². The normalized spacial score (nSPS) is 13.9. The first kappa shape index (κ1) is 21.0. The molecule has 1 amide bonds. The number of rotatable bonds is 8. The van der Waals surface area contributed by atoms with Gasteiger partial charge in [-0.15, -0.1) is 0 Å². The second-order valence-electron chi connectivity index (χ2n) is 7.51. The van der Waals surface area contributed by atoms with Gasteiger partial charge in [0.1, 0.15) is 0 Å². The number of carbonyl (C=O) groups excluding carboxylic acids is 1. The van der Waals surface area contributed by atoms with E-state index in [1.165, 1.54) is 12.1 Å². The SMILES string of the molecule is O=C(CCn1[nH]c(=O)c2ccccc2c1=O)NCc1ccc(S(=O)(=O)NC2CC2)cc1. The fraction of sp³-hybridized carbons (Fsp3) is 0.286. The van der Waals surface area contributed by atoms with Crippen LogP contribution < -0.4 is 21.2 Å². The van der Waals surface area contributed by atoms with Crippen molar-refractivity contribution in [1.29, 1.82) is 0 Å². The monoisotopic (exact) mass is 442 g/mol. The molecule has 0 aliphatic heterocycles. The average molecular weight is 442 g/mol. The van der Waals surface area contributed by atoms with Gasteiger partial charge in [0.2, 0.25) is 15.9 Å². The number of aromatic nitrogens is 2. The molecule has 1 fully saturated rings. The number of sulfonamides is 1. The fourth-order valence-corrected chi connectivity index (χ4v) is 4.49. The highest BCUT2D eigenvalue weighted by Crippen LogP contribution is 2.22. The lowest BCUT2D eigenvalue weighted by Crippen LogP contribution is -2.32. The Morgan fingerprint density at radius 2 is 1.71 bits per heavy atom. The lowest BCUT2D eigenvalue weighted by Gasteiger charge is -2.09. The quantitative estimate of drug-likeness (QED) is 0.476. The van der Waals surface area contributed by atoms with E-state index in [2.05, 4.69) is 15.1 Å². The molecular weight excluding hydrogens is 420 g/mol. The van der Waals surface area contributed by atoms with Gasteiger partial charge in [0.15, 0.2) is 0 Å². The predicted octanol–water partition coefficient (Wildman–Crippen LogP) is 0.837. The lowest BCUT2D eigenvalue weighted by atomic mass is 10.2. The van der Waals surface area contributed by atoms with Gasteiger partial charge < -0.3 is 5.32 Å². The third-order valence-corrected chi connectivity index (χ3v) is 6.61. The molecule has 0 atom stereocenters. The van der Waals surface area contributed by atoms with Crippen LogP contribution in [0, 0.1) is 0 Å². The summed E-state index contributed by atoms with van der Waals surface area (Å²) in [6.07, 6.45) is 1.73. The van der Waals surface area contributed by atoms with Crippen LogP contribution in [0.5, 0.6) is 0 Å². The zero-order valence-electron chi connectivity index (χ0n) is 16.6. The van der Waals surface area contributed by atoms with Gasteiger partial charge >= 0.3 is 0 Å². The number of benzene rings is 2. The molecule has 1 saturated carbocycles. The molecule has 4 rings (SSSR count). The van der Waals surface area contributed by atoms with Gasteiger partial charge in [-0.1, -0.05) is 24.3 Å². The van der Waals surface area contributed by atoms with Crippen LogP contribution in [0.25, 0.3) is 10.8 Å². The van der Waals surface area contributed by atoms with E-state index in [0.717, 1.165) is 23.1 Å². The Bertz CT molecular complexity index is 1340. The summed E-state index contributed by atoms with van der Waals surface area (Å²) < 4.78 is 28.1. The number of hydrogen-bond donors (Lipinski definition) is 3. The first-order chi connectivity index (χ1) is 14.8. The van der Waals surface area contributed by atoms with Crippen molar-refractivity contribution < 1.29 is 13.2 Å². The number of aryl methyl sites for hydroxylation is 1. The number of fused-ring (bicyclic) bond motifs is 1. The van der Waals surface area contributed by atoms with E-state index in [-0.39, 0.29) is 47.5 Å². The van der Waals surface area contributed by atoms with Crippen molar-refractivity contribution in [2.24, 2.45) is 0 Å². The molecule has 10 heteroatoms. The second-order valence-corrected chi connectivity index (χ2v) is 9.22. The summed E-state index contributed by atoms with van der Waals surface area (Å²) in [6, 6.07) is 12.9. The standard InChI is InChI=1S/C21H22N4O5S/c26-19(11-12-25-21(28)18-4-2-1-3-17(18)20(27)23-25)22-13-14-5-9-16(10-6-14)31(29,30)24-15-7-8-15/h1-6,9-10,15,24H,7-8,11-13H2,(H,22,26)(H,23,27). The summed E-state index contributed by atoms with van der Waals surface area (Å²) >= 11 is 0. The van der Waals surface area contributed by atoms with Crippen LogP contribution in [0.1, 0.15) is 24.8 Å². The smallest absolute Gasteiger partial charge is 0.273 e. The number of hydrogen-bond acceptors (Lipinski definition) is 5. The molecular formula is C21H22N4O5S. The van der Waals surface area contributed by atoms with E-state index in [1.807, 2.05) is 0 Å². The van der Waals surface area contributed by atoms with Crippen LogP contribution in [-0.4, -0.2) is 30.1 Å². The largest absolute Gasteiger partial charge is 0.352 e. The summed E-state index contributed by atoms with van der Waals surface area (Å²) in [5.41, 5.74) is -0.00330. The fourth-order valence-electron chi connectivity index (χ4n) is 3.18. The van der Waals surface area contributed by atoms with Crippen LogP contribution in [0.2, 0.25) is 0 Å². The summed E-state index contributed by atoms with van der Waals surface area (Å²) in [5.74, 6) is -0.298. The number of amides is 1. The van der Waals surface area contributed by atoms with Crippen LogP contribution >= 0.6 is 0 Å². The molecule has 0 bridgehead atoms. The molecule has 0 spiro atoms. The summed E-state index contributed by atoms with van der Waals surface area (Å²) in [5, 5.41) is 5.84. The molecule has 0 unspecified atom stereocenters. The Morgan fingerprint density at radius 3 is 2.39 bits per heavy atom. The summed E-state index contributed by atoms with van der Waals surface area (Å²) in [7, 11) is -3.51. The molecule has 0 radical (unpaired) electrons. The van der Waals surface area contributed by atoms with Gasteiger partial charge in [-0.25, -0.2) is 17.8 Å². The van der Waals surface area contributed by atoms with Crippen molar-refractivity contribution >= 4 is 26.7 Å². The number of nitrogens with zero attached hydrogens (tertiary/aromatic N) is 1. The molecule has 2 aromatic carbocycles. The van der Waals surface area contributed by atoms with Crippen molar-refractivity contribution in [3.05, 3.63) is 74.8 Å². The first-order valence-electron chi connectivity index (χ1n) is 9.93. The highest BCUT2D eigenvalue weighted by molar-refractivity contribution is 7.89. The zero-order valence-corrected chi connectivity index (χ0v) is 17.4. The summed E-state index contributed by atoms with van der Waals surface area (Å²) in [4.78, 5) is 36.9. The minimum absolute atomic E-state index is 0.00591. The second kappa shape index (κ2) is 8.48. The lowest BCUT2D eigenvalue weighted by molar-refractivity contribution is -0.121.